The summed E-state index contributed by atoms with van der Waals surface area (Å²) in [5.41, 5.74) is 0. The highest BCUT2D eigenvalue weighted by molar-refractivity contribution is 4.96. The van der Waals surface area contributed by atoms with Crippen LogP contribution in [0.15, 0.2) is 30.9 Å². The first-order valence-corrected chi connectivity index (χ1v) is 5.45. The van der Waals surface area contributed by atoms with Gasteiger partial charge in [-0.15, -0.1) is 0 Å². The van der Waals surface area contributed by atoms with Crippen molar-refractivity contribution in [2.75, 3.05) is 6.54 Å². The van der Waals surface area contributed by atoms with Crippen molar-refractivity contribution in [1.82, 2.24) is 24.6 Å². The minimum Gasteiger partial charge on any atom is -0.337 e. The number of hydrogen-bond acceptors (Lipinski definition) is 3. The number of rotatable bonds is 5. The average Bonchev–Trinajstić information content (AvgIpc) is 2.88. The van der Waals surface area contributed by atoms with Crippen LogP contribution in [-0.4, -0.2) is 25.9 Å². The molecule has 16 heavy (non-hydrogen) atoms. The second-order valence-corrected chi connectivity index (χ2v) is 3.84. The Morgan fingerprint density at radius 1 is 1.38 bits per heavy atom. The van der Waals surface area contributed by atoms with E-state index < -0.39 is 0 Å². The molecule has 0 aliphatic carbocycles. The van der Waals surface area contributed by atoms with Crippen LogP contribution in [0.2, 0.25) is 0 Å². The molecule has 2 rings (SSSR count). The van der Waals surface area contributed by atoms with Gasteiger partial charge in [-0.1, -0.05) is 0 Å². The molecule has 0 saturated carbocycles. The van der Waals surface area contributed by atoms with Gasteiger partial charge in [0.1, 0.15) is 5.82 Å². The van der Waals surface area contributed by atoms with E-state index in [1.807, 2.05) is 41.0 Å². The second-order valence-electron chi connectivity index (χ2n) is 3.84. The summed E-state index contributed by atoms with van der Waals surface area (Å²) in [7, 11) is 2.01. The van der Waals surface area contributed by atoms with Crippen molar-refractivity contribution >= 4 is 0 Å². The van der Waals surface area contributed by atoms with Crippen LogP contribution in [0.4, 0.5) is 0 Å². The molecule has 0 fully saturated rings. The maximum Gasteiger partial charge on any atom is 0.125 e. The van der Waals surface area contributed by atoms with Crippen LogP contribution >= 0.6 is 0 Å². The molecule has 0 saturated heterocycles. The topological polar surface area (TPSA) is 47.7 Å². The average molecular weight is 219 g/mol. The normalized spacial score (nSPS) is 12.9. The molecule has 0 aromatic carbocycles. The van der Waals surface area contributed by atoms with E-state index in [1.165, 1.54) is 0 Å². The molecule has 1 atom stereocenters. The molecule has 1 N–H and O–H groups in total. The summed E-state index contributed by atoms with van der Waals surface area (Å²) >= 11 is 0. The van der Waals surface area contributed by atoms with E-state index in [9.17, 15) is 0 Å². The van der Waals surface area contributed by atoms with Crippen molar-refractivity contribution in [1.29, 1.82) is 0 Å². The predicted molar refractivity (Wildman–Crippen MR) is 61.9 cm³/mol. The van der Waals surface area contributed by atoms with Crippen LogP contribution in [-0.2, 0) is 13.6 Å². The molecule has 0 aliphatic heterocycles. The number of aromatic nitrogens is 4. The summed E-state index contributed by atoms with van der Waals surface area (Å²) < 4.78 is 3.95. The molecule has 1 unspecified atom stereocenters. The minimum atomic E-state index is 0.260. The van der Waals surface area contributed by atoms with Gasteiger partial charge in [-0.25, -0.2) is 4.98 Å². The Morgan fingerprint density at radius 3 is 2.88 bits per heavy atom. The monoisotopic (exact) mass is 219 g/mol. The highest BCUT2D eigenvalue weighted by Gasteiger charge is 2.08. The van der Waals surface area contributed by atoms with Crippen molar-refractivity contribution in [3.05, 3.63) is 36.7 Å². The summed E-state index contributed by atoms with van der Waals surface area (Å²) in [6, 6.07) is 2.19. The van der Waals surface area contributed by atoms with Crippen molar-refractivity contribution in [2.45, 2.75) is 19.5 Å². The van der Waals surface area contributed by atoms with Gasteiger partial charge in [-0.3, -0.25) is 4.68 Å². The first kappa shape index (κ1) is 10.9. The van der Waals surface area contributed by atoms with Crippen molar-refractivity contribution in [3.8, 4) is 0 Å². The van der Waals surface area contributed by atoms with E-state index in [-0.39, 0.29) is 6.04 Å². The standard InChI is InChI=1S/C11H17N5/c1-10(11-13-5-8-15(11)2)12-6-9-16-7-3-4-14-16/h3-5,7-8,10,12H,6,9H2,1-2H3. The molecule has 0 radical (unpaired) electrons. The van der Waals surface area contributed by atoms with E-state index >= 15 is 0 Å². The van der Waals surface area contributed by atoms with Gasteiger partial charge >= 0.3 is 0 Å². The smallest absolute Gasteiger partial charge is 0.125 e. The van der Waals surface area contributed by atoms with Crippen LogP contribution in [0.3, 0.4) is 0 Å². The van der Waals surface area contributed by atoms with Gasteiger partial charge < -0.3 is 9.88 Å². The number of nitrogens with zero attached hydrogens (tertiary/aromatic N) is 4. The molecule has 0 spiro atoms. The lowest BCUT2D eigenvalue weighted by Crippen LogP contribution is -2.25. The molecule has 2 aromatic heterocycles. The third-order valence-electron chi connectivity index (χ3n) is 2.60. The summed E-state index contributed by atoms with van der Waals surface area (Å²) in [5, 5.41) is 7.57. The molecule has 86 valence electrons. The van der Waals surface area contributed by atoms with Gasteiger partial charge in [-0.05, 0) is 13.0 Å². The molecule has 2 aromatic rings. The zero-order chi connectivity index (χ0) is 11.4. The van der Waals surface area contributed by atoms with E-state index in [2.05, 4.69) is 22.3 Å². The maximum atomic E-state index is 4.31. The van der Waals surface area contributed by atoms with Gasteiger partial charge in [0.05, 0.1) is 12.6 Å². The van der Waals surface area contributed by atoms with E-state index in [0.29, 0.717) is 0 Å². The zero-order valence-electron chi connectivity index (χ0n) is 9.67. The van der Waals surface area contributed by atoms with Crippen molar-refractivity contribution in [2.24, 2.45) is 7.05 Å². The lowest BCUT2D eigenvalue weighted by atomic mass is 10.3. The molecule has 5 nitrogen and oxygen atoms in total. The van der Waals surface area contributed by atoms with E-state index in [0.717, 1.165) is 18.9 Å². The minimum absolute atomic E-state index is 0.260. The Labute approximate surface area is 95.1 Å². The second kappa shape index (κ2) is 4.94. The van der Waals surface area contributed by atoms with Gasteiger partial charge in [0.25, 0.3) is 0 Å². The first-order valence-electron chi connectivity index (χ1n) is 5.45. The fraction of sp³-hybridized carbons (Fsp3) is 0.455. The molecular weight excluding hydrogens is 202 g/mol. The summed E-state index contributed by atoms with van der Waals surface area (Å²) in [5.74, 6) is 1.06. The molecular formula is C11H17N5. The van der Waals surface area contributed by atoms with Crippen LogP contribution in [0.5, 0.6) is 0 Å². The molecule has 5 heteroatoms. The maximum absolute atomic E-state index is 4.31. The fourth-order valence-electron chi connectivity index (χ4n) is 1.71. The van der Waals surface area contributed by atoms with Gasteiger partial charge in [0.15, 0.2) is 0 Å². The third kappa shape index (κ3) is 2.49. The Kier molecular flexibility index (Phi) is 3.36. The molecule has 0 aliphatic rings. The first-order chi connectivity index (χ1) is 7.77. The zero-order valence-corrected chi connectivity index (χ0v) is 9.67. The van der Waals surface area contributed by atoms with Crippen LogP contribution in [0, 0.1) is 0 Å². The largest absolute Gasteiger partial charge is 0.337 e. The summed E-state index contributed by atoms with van der Waals surface area (Å²) in [6.45, 7) is 3.88. The Morgan fingerprint density at radius 2 is 2.25 bits per heavy atom. The van der Waals surface area contributed by atoms with Crippen molar-refractivity contribution in [3.63, 3.8) is 0 Å². The van der Waals surface area contributed by atoms with Crippen molar-refractivity contribution < 1.29 is 0 Å². The SMILES string of the molecule is CC(NCCn1cccn1)c1nccn1C. The molecule has 2 heterocycles. The Bertz CT molecular complexity index is 417. The quantitative estimate of drug-likeness (QED) is 0.815. The number of aryl methyl sites for hydroxylation is 1. The van der Waals surface area contributed by atoms with Crippen LogP contribution in [0.1, 0.15) is 18.8 Å². The van der Waals surface area contributed by atoms with Crippen LogP contribution in [0.25, 0.3) is 0 Å². The number of imidazole rings is 1. The number of nitrogens with one attached hydrogen (secondary N) is 1. The van der Waals surface area contributed by atoms with Crippen LogP contribution < -0.4 is 5.32 Å². The van der Waals surface area contributed by atoms with E-state index in [4.69, 9.17) is 0 Å². The van der Waals surface area contributed by atoms with Gasteiger partial charge in [-0.2, -0.15) is 5.10 Å². The summed E-state index contributed by atoms with van der Waals surface area (Å²) in [6.07, 6.45) is 7.54. The lowest BCUT2D eigenvalue weighted by Gasteiger charge is -2.13. The highest BCUT2D eigenvalue weighted by atomic mass is 15.3. The fourth-order valence-corrected chi connectivity index (χ4v) is 1.71. The third-order valence-corrected chi connectivity index (χ3v) is 2.60. The number of hydrogen-bond donors (Lipinski definition) is 1. The van der Waals surface area contributed by atoms with E-state index in [1.54, 1.807) is 6.20 Å². The Hall–Kier alpha value is -1.62. The lowest BCUT2D eigenvalue weighted by molar-refractivity contribution is 0.485. The van der Waals surface area contributed by atoms with Gasteiger partial charge in [0.2, 0.25) is 0 Å². The molecule has 0 bridgehead atoms. The molecule has 0 amide bonds. The predicted octanol–water partition coefficient (Wildman–Crippen LogP) is 0.967. The highest BCUT2D eigenvalue weighted by Crippen LogP contribution is 2.07. The Balaban J connectivity index is 1.80. The van der Waals surface area contributed by atoms with Gasteiger partial charge in [0, 0.05) is 38.4 Å². The summed E-state index contributed by atoms with van der Waals surface area (Å²) in [4.78, 5) is 4.31.